The summed E-state index contributed by atoms with van der Waals surface area (Å²) in [6, 6.07) is 0. The van der Waals surface area contributed by atoms with Crippen molar-refractivity contribution in [3.8, 4) is 0 Å². The lowest BCUT2D eigenvalue weighted by Gasteiger charge is -2.31. The van der Waals surface area contributed by atoms with Crippen LogP contribution < -0.4 is 4.72 Å². The van der Waals surface area contributed by atoms with Gasteiger partial charge >= 0.3 is 0 Å². The smallest absolute Gasteiger partial charge is 0.211 e. The molecule has 0 spiro atoms. The molecule has 0 aromatic rings. The molecule has 7 heteroatoms. The lowest BCUT2D eigenvalue weighted by Crippen LogP contribution is -2.43. The van der Waals surface area contributed by atoms with Gasteiger partial charge in [-0.2, -0.15) is 0 Å². The van der Waals surface area contributed by atoms with E-state index in [4.69, 9.17) is 0 Å². The van der Waals surface area contributed by atoms with Crippen LogP contribution in [0.2, 0.25) is 0 Å². The molecule has 114 valence electrons. The summed E-state index contributed by atoms with van der Waals surface area (Å²) >= 11 is 0. The summed E-state index contributed by atoms with van der Waals surface area (Å²) in [4.78, 5) is 2.15. The maximum Gasteiger partial charge on any atom is 0.211 e. The first-order valence-electron chi connectivity index (χ1n) is 6.86. The highest BCUT2D eigenvalue weighted by atomic mass is 32.2. The predicted molar refractivity (Wildman–Crippen MR) is 73.2 cm³/mol. The van der Waals surface area contributed by atoms with Crippen LogP contribution in [-0.2, 0) is 10.0 Å². The Morgan fingerprint density at radius 2 is 2.05 bits per heavy atom. The highest BCUT2D eigenvalue weighted by Crippen LogP contribution is 2.15. The van der Waals surface area contributed by atoms with Gasteiger partial charge in [-0.25, -0.2) is 13.1 Å². The van der Waals surface area contributed by atoms with Gasteiger partial charge in [0.25, 0.3) is 0 Å². The molecule has 1 aliphatic heterocycles. The molecule has 0 aromatic heterocycles. The number of hydrogen-bond donors (Lipinski definition) is 2. The van der Waals surface area contributed by atoms with Gasteiger partial charge < -0.3 is 10.0 Å². The number of halogens is 1. The molecule has 0 saturated carbocycles. The van der Waals surface area contributed by atoms with E-state index < -0.39 is 22.8 Å². The Morgan fingerprint density at radius 3 is 2.63 bits per heavy atom. The molecule has 1 rings (SSSR count). The fourth-order valence-corrected chi connectivity index (χ4v) is 3.23. The Balaban J connectivity index is 2.22. The van der Waals surface area contributed by atoms with Crippen LogP contribution in [-0.4, -0.2) is 63.1 Å². The number of sulfonamides is 1. The summed E-state index contributed by atoms with van der Waals surface area (Å²) in [7, 11) is -3.46. The third kappa shape index (κ3) is 7.20. The van der Waals surface area contributed by atoms with Crippen LogP contribution >= 0.6 is 0 Å². The molecule has 5 nitrogen and oxygen atoms in total. The highest BCUT2D eigenvalue weighted by molar-refractivity contribution is 7.89. The van der Waals surface area contributed by atoms with Crippen LogP contribution in [0.15, 0.2) is 0 Å². The minimum Gasteiger partial charge on any atom is -0.390 e. The van der Waals surface area contributed by atoms with Crippen molar-refractivity contribution in [1.29, 1.82) is 0 Å². The van der Waals surface area contributed by atoms with E-state index in [9.17, 15) is 17.9 Å². The largest absolute Gasteiger partial charge is 0.390 e. The molecule has 0 amide bonds. The van der Waals surface area contributed by atoms with Crippen molar-refractivity contribution in [1.82, 2.24) is 9.62 Å². The third-order valence-electron chi connectivity index (χ3n) is 3.43. The maximum absolute atomic E-state index is 11.9. The van der Waals surface area contributed by atoms with E-state index >= 15 is 0 Å². The molecule has 0 radical (unpaired) electrons. The van der Waals surface area contributed by atoms with Crippen LogP contribution in [0.3, 0.4) is 0 Å². The second-order valence-corrected chi connectivity index (χ2v) is 7.27. The van der Waals surface area contributed by atoms with Gasteiger partial charge in [-0.15, -0.1) is 0 Å². The quantitative estimate of drug-likeness (QED) is 0.678. The van der Waals surface area contributed by atoms with Crippen LogP contribution in [0.5, 0.6) is 0 Å². The molecule has 1 aliphatic rings. The zero-order chi connectivity index (χ0) is 14.3. The minimum atomic E-state index is -3.46. The summed E-state index contributed by atoms with van der Waals surface area (Å²) in [5.41, 5.74) is 0. The summed E-state index contributed by atoms with van der Waals surface area (Å²) in [6.45, 7) is 3.96. The van der Waals surface area contributed by atoms with E-state index in [0.29, 0.717) is 6.54 Å². The van der Waals surface area contributed by atoms with Gasteiger partial charge in [0.15, 0.2) is 0 Å². The SMILES string of the molecule is CC1CCN(CC(O)CNS(=O)(=O)CCCF)CC1. The molecule has 1 heterocycles. The Labute approximate surface area is 115 Å². The second-order valence-electron chi connectivity index (χ2n) is 5.35. The van der Waals surface area contributed by atoms with E-state index in [1.807, 2.05) is 0 Å². The van der Waals surface area contributed by atoms with Gasteiger partial charge in [0.2, 0.25) is 10.0 Å². The molecule has 0 aliphatic carbocycles. The average Bonchev–Trinajstić information content (AvgIpc) is 2.37. The van der Waals surface area contributed by atoms with Crippen molar-refractivity contribution in [2.24, 2.45) is 5.92 Å². The number of β-amino-alcohol motifs (C(OH)–C–C–N with tert-alkyl or cyclic N) is 1. The van der Waals surface area contributed by atoms with Crippen molar-refractivity contribution in [3.63, 3.8) is 0 Å². The number of rotatable bonds is 8. The zero-order valence-corrected chi connectivity index (χ0v) is 12.3. The monoisotopic (exact) mass is 296 g/mol. The first-order valence-corrected chi connectivity index (χ1v) is 8.52. The van der Waals surface area contributed by atoms with Gasteiger partial charge in [-0.1, -0.05) is 6.92 Å². The number of nitrogens with one attached hydrogen (secondary N) is 1. The van der Waals surface area contributed by atoms with E-state index in [2.05, 4.69) is 16.5 Å². The predicted octanol–water partition coefficient (Wildman–Crippen LogP) is 0.358. The van der Waals surface area contributed by atoms with Gasteiger partial charge in [0.05, 0.1) is 18.5 Å². The number of alkyl halides is 1. The van der Waals surface area contributed by atoms with Gasteiger partial charge in [0, 0.05) is 13.1 Å². The summed E-state index contributed by atoms with van der Waals surface area (Å²) < 4.78 is 37.1. The summed E-state index contributed by atoms with van der Waals surface area (Å²) in [5.74, 6) is 0.505. The Hall–Kier alpha value is -0.240. The topological polar surface area (TPSA) is 69.6 Å². The molecule has 0 aromatic carbocycles. The normalized spacial score (nSPS) is 20.6. The molecule has 19 heavy (non-hydrogen) atoms. The lowest BCUT2D eigenvalue weighted by molar-refractivity contribution is 0.0942. The second kappa shape index (κ2) is 8.14. The van der Waals surface area contributed by atoms with Crippen LogP contribution in [0.25, 0.3) is 0 Å². The number of hydrogen-bond acceptors (Lipinski definition) is 4. The third-order valence-corrected chi connectivity index (χ3v) is 4.86. The van der Waals surface area contributed by atoms with E-state index in [0.717, 1.165) is 31.8 Å². The number of nitrogens with zero attached hydrogens (tertiary/aromatic N) is 1. The molecule has 1 atom stereocenters. The molecule has 1 fully saturated rings. The molecular weight excluding hydrogens is 271 g/mol. The van der Waals surface area contributed by atoms with Gasteiger partial charge in [0.1, 0.15) is 0 Å². The molecule has 0 bridgehead atoms. The van der Waals surface area contributed by atoms with E-state index in [1.54, 1.807) is 0 Å². The number of aliphatic hydroxyl groups is 1. The zero-order valence-electron chi connectivity index (χ0n) is 11.5. The van der Waals surface area contributed by atoms with Crippen molar-refractivity contribution in [2.75, 3.05) is 38.6 Å². The van der Waals surface area contributed by atoms with E-state index in [1.165, 1.54) is 0 Å². The Bertz CT molecular complexity index is 343. The number of aliphatic hydroxyl groups excluding tert-OH is 1. The van der Waals surface area contributed by atoms with Gasteiger partial charge in [-0.3, -0.25) is 4.39 Å². The number of piperidine rings is 1. The minimum absolute atomic E-state index is 0.000667. The molecule has 1 unspecified atom stereocenters. The van der Waals surface area contributed by atoms with Crippen molar-refractivity contribution in [3.05, 3.63) is 0 Å². The molecular formula is C12H25FN2O3S. The van der Waals surface area contributed by atoms with Gasteiger partial charge in [-0.05, 0) is 38.3 Å². The Morgan fingerprint density at radius 1 is 1.42 bits per heavy atom. The fraction of sp³-hybridized carbons (Fsp3) is 1.00. The first kappa shape index (κ1) is 16.8. The van der Waals surface area contributed by atoms with Crippen molar-refractivity contribution < 1.29 is 17.9 Å². The van der Waals surface area contributed by atoms with Crippen molar-refractivity contribution >= 4 is 10.0 Å². The number of likely N-dealkylation sites (tertiary alicyclic amines) is 1. The highest BCUT2D eigenvalue weighted by Gasteiger charge is 2.19. The lowest BCUT2D eigenvalue weighted by atomic mass is 9.99. The Kier molecular flexibility index (Phi) is 7.20. The summed E-state index contributed by atoms with van der Waals surface area (Å²) in [6.07, 6.45) is 1.52. The van der Waals surface area contributed by atoms with Crippen LogP contribution in [0.1, 0.15) is 26.2 Å². The molecule has 1 saturated heterocycles. The average molecular weight is 296 g/mol. The standard InChI is InChI=1S/C12H25FN2O3S/c1-11-3-6-15(7-4-11)10-12(16)9-14-19(17,18)8-2-5-13/h11-12,14,16H,2-10H2,1H3. The van der Waals surface area contributed by atoms with Crippen molar-refractivity contribution in [2.45, 2.75) is 32.3 Å². The fourth-order valence-electron chi connectivity index (χ4n) is 2.15. The molecule has 2 N–H and O–H groups in total. The van der Waals surface area contributed by atoms with Crippen LogP contribution in [0.4, 0.5) is 4.39 Å². The first-order chi connectivity index (χ1) is 8.93. The summed E-state index contributed by atoms with van der Waals surface area (Å²) in [5, 5.41) is 9.81. The van der Waals surface area contributed by atoms with Crippen LogP contribution in [0, 0.1) is 5.92 Å². The maximum atomic E-state index is 11.9. The van der Waals surface area contributed by atoms with E-state index in [-0.39, 0.29) is 18.7 Å².